The van der Waals surface area contributed by atoms with Crippen LogP contribution in [0, 0.1) is 12.3 Å². The molecule has 0 fully saturated rings. The minimum atomic E-state index is -0.719. The number of Topliss-reactive ketones (excluding diaryl/α,β-unsaturated/α-hetero) is 1. The number of hydrogen-bond donors (Lipinski definition) is 1. The molecule has 1 amide bonds. The van der Waals surface area contributed by atoms with Gasteiger partial charge in [-0.3, -0.25) is 14.5 Å². The number of carbonyl (C=O) groups excluding carboxylic acids is 2. The van der Waals surface area contributed by atoms with Gasteiger partial charge in [0.2, 0.25) is 0 Å². The summed E-state index contributed by atoms with van der Waals surface area (Å²) in [5.41, 5.74) is 1.02. The molecule has 0 aliphatic carbocycles. The SMILES string of the molecule is COc1ccc(N2C(=O)C(O)=C(C(=O)C(C)(C)C)C2c2sccc2C)cc1. The highest BCUT2D eigenvalue weighted by atomic mass is 32.1. The molecule has 1 aromatic heterocycles. The van der Waals surface area contributed by atoms with Crippen LogP contribution in [0.15, 0.2) is 47.0 Å². The molecule has 27 heavy (non-hydrogen) atoms. The van der Waals surface area contributed by atoms with Gasteiger partial charge in [-0.2, -0.15) is 0 Å². The number of carbonyl (C=O) groups is 2. The second-order valence-electron chi connectivity index (χ2n) is 7.58. The molecule has 1 aromatic carbocycles. The van der Waals surface area contributed by atoms with Crippen molar-refractivity contribution in [1.29, 1.82) is 0 Å². The van der Waals surface area contributed by atoms with Gasteiger partial charge in [0, 0.05) is 16.0 Å². The standard InChI is InChI=1S/C21H23NO4S/c1-12-10-11-27-18(12)16-15(19(24)21(2,3)4)17(23)20(25)22(16)13-6-8-14(26-5)9-7-13/h6-11,16,23H,1-5H3. The molecule has 0 saturated carbocycles. The van der Waals surface area contributed by atoms with Crippen LogP contribution in [-0.2, 0) is 9.59 Å². The van der Waals surface area contributed by atoms with Crippen LogP contribution in [0.1, 0.15) is 37.3 Å². The minimum absolute atomic E-state index is 0.161. The molecule has 0 radical (unpaired) electrons. The van der Waals surface area contributed by atoms with Crippen LogP contribution < -0.4 is 9.64 Å². The maximum atomic E-state index is 13.1. The first-order chi connectivity index (χ1) is 12.7. The quantitative estimate of drug-likeness (QED) is 0.836. The van der Waals surface area contributed by atoms with Gasteiger partial charge in [0.25, 0.3) is 5.91 Å². The maximum Gasteiger partial charge on any atom is 0.294 e. The second-order valence-corrected chi connectivity index (χ2v) is 8.53. The van der Waals surface area contributed by atoms with Crippen molar-refractivity contribution in [2.24, 2.45) is 5.41 Å². The molecule has 142 valence electrons. The first-order valence-corrected chi connectivity index (χ1v) is 9.54. The van der Waals surface area contributed by atoms with E-state index in [2.05, 4.69) is 0 Å². The second kappa shape index (κ2) is 6.85. The molecule has 1 N–H and O–H groups in total. The fraction of sp³-hybridized carbons (Fsp3) is 0.333. The predicted octanol–water partition coefficient (Wildman–Crippen LogP) is 4.58. The summed E-state index contributed by atoms with van der Waals surface area (Å²) in [6, 6.07) is 8.32. The van der Waals surface area contributed by atoms with Crippen LogP contribution in [0.25, 0.3) is 0 Å². The highest BCUT2D eigenvalue weighted by Gasteiger charge is 2.47. The molecule has 2 heterocycles. The van der Waals surface area contributed by atoms with Crippen LogP contribution in [0.4, 0.5) is 5.69 Å². The number of aliphatic hydroxyl groups excluding tert-OH is 1. The number of aryl methyl sites for hydroxylation is 1. The fourth-order valence-corrected chi connectivity index (χ4v) is 4.19. The molecule has 2 aromatic rings. The molecule has 0 bridgehead atoms. The number of thiophene rings is 1. The van der Waals surface area contributed by atoms with Gasteiger partial charge >= 0.3 is 0 Å². The number of ketones is 1. The summed E-state index contributed by atoms with van der Waals surface area (Å²) in [5.74, 6) is -0.603. The van der Waals surface area contributed by atoms with E-state index >= 15 is 0 Å². The van der Waals surface area contributed by atoms with Crippen molar-refractivity contribution in [3.8, 4) is 5.75 Å². The molecule has 1 atom stereocenters. The Morgan fingerprint density at radius 2 is 1.81 bits per heavy atom. The Kier molecular flexibility index (Phi) is 4.86. The lowest BCUT2D eigenvalue weighted by molar-refractivity contribution is -0.123. The number of aliphatic hydroxyl groups is 1. The van der Waals surface area contributed by atoms with Gasteiger partial charge in [-0.05, 0) is 48.2 Å². The average molecular weight is 385 g/mol. The normalized spacial score (nSPS) is 17.6. The van der Waals surface area contributed by atoms with E-state index in [-0.39, 0.29) is 11.4 Å². The van der Waals surface area contributed by atoms with E-state index < -0.39 is 23.1 Å². The van der Waals surface area contributed by atoms with Gasteiger partial charge < -0.3 is 9.84 Å². The van der Waals surface area contributed by atoms with Crippen molar-refractivity contribution < 1.29 is 19.4 Å². The lowest BCUT2D eigenvalue weighted by Gasteiger charge is -2.28. The summed E-state index contributed by atoms with van der Waals surface area (Å²) >= 11 is 1.47. The van der Waals surface area contributed by atoms with Crippen molar-refractivity contribution in [2.45, 2.75) is 33.7 Å². The van der Waals surface area contributed by atoms with Crippen molar-refractivity contribution in [3.63, 3.8) is 0 Å². The molecule has 5 nitrogen and oxygen atoms in total. The van der Waals surface area contributed by atoms with Crippen LogP contribution in [0.5, 0.6) is 5.75 Å². The number of nitrogens with zero attached hydrogens (tertiary/aromatic N) is 1. The van der Waals surface area contributed by atoms with Gasteiger partial charge in [-0.1, -0.05) is 20.8 Å². The van der Waals surface area contributed by atoms with E-state index in [1.54, 1.807) is 52.1 Å². The third kappa shape index (κ3) is 3.25. The van der Waals surface area contributed by atoms with Crippen LogP contribution in [0.3, 0.4) is 0 Å². The van der Waals surface area contributed by atoms with Gasteiger partial charge in [0.1, 0.15) is 11.8 Å². The van der Waals surface area contributed by atoms with Gasteiger partial charge in [0.15, 0.2) is 11.5 Å². The largest absolute Gasteiger partial charge is 0.503 e. The number of amides is 1. The van der Waals surface area contributed by atoms with Gasteiger partial charge in [-0.15, -0.1) is 11.3 Å². The van der Waals surface area contributed by atoms with Gasteiger partial charge in [0.05, 0.1) is 12.7 Å². The topological polar surface area (TPSA) is 66.8 Å². The molecule has 6 heteroatoms. The monoisotopic (exact) mass is 385 g/mol. The molecule has 1 aliphatic heterocycles. The van der Waals surface area contributed by atoms with Crippen molar-refractivity contribution in [3.05, 3.63) is 57.5 Å². The predicted molar refractivity (Wildman–Crippen MR) is 106 cm³/mol. The molecule has 0 spiro atoms. The number of ether oxygens (including phenoxy) is 1. The number of benzene rings is 1. The minimum Gasteiger partial charge on any atom is -0.503 e. The zero-order chi connectivity index (χ0) is 19.9. The summed E-state index contributed by atoms with van der Waals surface area (Å²) in [7, 11) is 1.57. The van der Waals surface area contributed by atoms with E-state index in [4.69, 9.17) is 4.74 Å². The maximum absolute atomic E-state index is 13.1. The first kappa shape index (κ1) is 19.2. The molecule has 1 unspecified atom stereocenters. The molecule has 1 aliphatic rings. The first-order valence-electron chi connectivity index (χ1n) is 8.66. The molecule has 0 saturated heterocycles. The summed E-state index contributed by atoms with van der Waals surface area (Å²) in [6.45, 7) is 7.30. The zero-order valence-corrected chi connectivity index (χ0v) is 16.9. The average Bonchev–Trinajstić information content (AvgIpc) is 3.15. The van der Waals surface area contributed by atoms with E-state index in [0.717, 1.165) is 10.4 Å². The Balaban J connectivity index is 2.18. The third-order valence-electron chi connectivity index (χ3n) is 4.63. The van der Waals surface area contributed by atoms with Crippen molar-refractivity contribution in [2.75, 3.05) is 12.0 Å². The van der Waals surface area contributed by atoms with Crippen LogP contribution in [0.2, 0.25) is 0 Å². The summed E-state index contributed by atoms with van der Waals surface area (Å²) in [4.78, 5) is 28.4. The Bertz CT molecular complexity index is 918. The summed E-state index contributed by atoms with van der Waals surface area (Å²) in [6.07, 6.45) is 0. The van der Waals surface area contributed by atoms with E-state index in [0.29, 0.717) is 11.4 Å². The van der Waals surface area contributed by atoms with Gasteiger partial charge in [-0.25, -0.2) is 0 Å². The number of rotatable bonds is 4. The van der Waals surface area contributed by atoms with E-state index in [1.165, 1.54) is 16.2 Å². The lowest BCUT2D eigenvalue weighted by atomic mass is 9.83. The number of hydrogen-bond acceptors (Lipinski definition) is 5. The fourth-order valence-electron chi connectivity index (χ4n) is 3.16. The van der Waals surface area contributed by atoms with Crippen molar-refractivity contribution in [1.82, 2.24) is 0 Å². The van der Waals surface area contributed by atoms with Crippen LogP contribution in [-0.4, -0.2) is 23.9 Å². The van der Waals surface area contributed by atoms with Crippen molar-refractivity contribution >= 4 is 28.7 Å². The van der Waals surface area contributed by atoms with Crippen LogP contribution >= 0.6 is 11.3 Å². The smallest absolute Gasteiger partial charge is 0.294 e. The lowest BCUT2D eigenvalue weighted by Crippen LogP contribution is -2.32. The Morgan fingerprint density at radius 3 is 2.30 bits per heavy atom. The van der Waals surface area contributed by atoms with E-state index in [1.807, 2.05) is 18.4 Å². The molecular formula is C21H23NO4S. The Hall–Kier alpha value is -2.60. The molecular weight excluding hydrogens is 362 g/mol. The Morgan fingerprint density at radius 1 is 1.19 bits per heavy atom. The summed E-state index contributed by atoms with van der Waals surface area (Å²) in [5, 5.41) is 12.6. The highest BCUT2D eigenvalue weighted by molar-refractivity contribution is 7.10. The molecule has 3 rings (SSSR count). The third-order valence-corrected chi connectivity index (χ3v) is 5.71. The summed E-state index contributed by atoms with van der Waals surface area (Å²) < 4.78 is 5.19. The Labute approximate surface area is 162 Å². The number of methoxy groups -OCH3 is 1. The van der Waals surface area contributed by atoms with E-state index in [9.17, 15) is 14.7 Å². The zero-order valence-electron chi connectivity index (χ0n) is 16.1. The highest BCUT2D eigenvalue weighted by Crippen LogP contribution is 2.45. The number of anilines is 1.